The Morgan fingerprint density at radius 2 is 1.48 bits per heavy atom. The number of nitrogens with two attached hydrogens (primary N) is 1. The molecule has 1 heterocycles. The summed E-state index contributed by atoms with van der Waals surface area (Å²) >= 11 is 14.1. The van der Waals surface area contributed by atoms with E-state index in [1.54, 1.807) is 18.2 Å². The number of nitrogen functional groups attached to an aromatic ring is 1. The van der Waals surface area contributed by atoms with Crippen LogP contribution in [0.2, 0.25) is 10.0 Å². The van der Waals surface area contributed by atoms with Crippen LogP contribution in [0.4, 0.5) is 5.82 Å². The highest BCUT2D eigenvalue weighted by Gasteiger charge is 2.24. The van der Waals surface area contributed by atoms with Gasteiger partial charge < -0.3 is 5.73 Å². The third kappa shape index (κ3) is 3.91. The van der Waals surface area contributed by atoms with Gasteiger partial charge in [-0.1, -0.05) is 58.7 Å². The molecule has 4 nitrogen and oxygen atoms in total. The molecule has 2 N–H and O–H groups in total. The molecule has 0 unspecified atom stereocenters. The second kappa shape index (κ2) is 8.35. The lowest BCUT2D eigenvalue weighted by Gasteiger charge is -2.16. The van der Waals surface area contributed by atoms with Gasteiger partial charge in [0.25, 0.3) is 0 Å². The van der Waals surface area contributed by atoms with Crippen molar-refractivity contribution >= 4 is 40.8 Å². The highest BCUT2D eigenvalue weighted by atomic mass is 35.5. The molecule has 0 aliphatic heterocycles. The minimum absolute atomic E-state index is 0.0300. The Morgan fingerprint density at radius 3 is 2.00 bits per heavy atom. The number of benzene rings is 2. The lowest BCUT2D eigenvalue weighted by Crippen LogP contribution is -2.04. The number of halogens is 2. The van der Waals surface area contributed by atoms with Crippen molar-refractivity contribution in [3.63, 3.8) is 0 Å². The van der Waals surface area contributed by atoms with Crippen LogP contribution in [0.1, 0.15) is 27.8 Å². The molecule has 0 aliphatic carbocycles. The number of hydrogen-bond donors (Lipinski definition) is 1. The standard InChI is InChI=1S/C22H16Cl2N4S/c1-11-7-12(2)20(13(3)8-11)29-22-15(10-26)18(14(9-25)21(27)28-22)19-16(23)5-4-6-17(19)24/h4-8H,1-3H3,(H2,27,28). The molecule has 3 rings (SSSR count). The number of nitriles is 2. The molecule has 7 heteroatoms. The molecule has 3 aromatic rings. The first-order valence-electron chi connectivity index (χ1n) is 8.62. The fourth-order valence-electron chi connectivity index (χ4n) is 3.28. The van der Waals surface area contributed by atoms with E-state index >= 15 is 0 Å². The van der Waals surface area contributed by atoms with E-state index in [0.717, 1.165) is 21.6 Å². The van der Waals surface area contributed by atoms with E-state index in [0.29, 0.717) is 26.2 Å². The van der Waals surface area contributed by atoms with Crippen molar-refractivity contribution in [1.82, 2.24) is 4.98 Å². The summed E-state index contributed by atoms with van der Waals surface area (Å²) in [7, 11) is 0. The summed E-state index contributed by atoms with van der Waals surface area (Å²) in [5, 5.41) is 20.7. The van der Waals surface area contributed by atoms with Crippen molar-refractivity contribution < 1.29 is 0 Å². The van der Waals surface area contributed by atoms with E-state index in [1.165, 1.54) is 11.8 Å². The number of pyridine rings is 1. The Bertz CT molecular complexity index is 1180. The number of hydrogen-bond acceptors (Lipinski definition) is 5. The predicted molar refractivity (Wildman–Crippen MR) is 118 cm³/mol. The summed E-state index contributed by atoms with van der Waals surface area (Å²) in [4.78, 5) is 5.36. The van der Waals surface area contributed by atoms with Crippen molar-refractivity contribution in [3.8, 4) is 23.3 Å². The van der Waals surface area contributed by atoms with Crippen molar-refractivity contribution in [2.75, 3.05) is 5.73 Å². The van der Waals surface area contributed by atoms with Gasteiger partial charge >= 0.3 is 0 Å². The first kappa shape index (κ1) is 21.0. The largest absolute Gasteiger partial charge is 0.383 e. The lowest BCUT2D eigenvalue weighted by atomic mass is 9.96. The summed E-state index contributed by atoms with van der Waals surface area (Å²) < 4.78 is 0. The monoisotopic (exact) mass is 438 g/mol. The zero-order valence-corrected chi connectivity index (χ0v) is 18.3. The van der Waals surface area contributed by atoms with Crippen molar-refractivity contribution in [1.29, 1.82) is 10.5 Å². The lowest BCUT2D eigenvalue weighted by molar-refractivity contribution is 1.10. The highest BCUT2D eigenvalue weighted by Crippen LogP contribution is 2.44. The smallest absolute Gasteiger partial charge is 0.143 e. The fourth-order valence-corrected chi connectivity index (χ4v) is 4.90. The molecule has 0 bridgehead atoms. The van der Waals surface area contributed by atoms with Crippen molar-refractivity contribution in [2.24, 2.45) is 0 Å². The van der Waals surface area contributed by atoms with Gasteiger partial charge in [0.2, 0.25) is 0 Å². The van der Waals surface area contributed by atoms with Gasteiger partial charge in [-0.05, 0) is 44.0 Å². The second-order valence-corrected chi connectivity index (χ2v) is 8.39. The Balaban J connectivity index is 2.34. The quantitative estimate of drug-likeness (QED) is 0.506. The second-order valence-electron chi connectivity index (χ2n) is 6.58. The maximum Gasteiger partial charge on any atom is 0.143 e. The van der Waals surface area contributed by atoms with E-state index in [2.05, 4.69) is 23.2 Å². The molecule has 0 fully saturated rings. The topological polar surface area (TPSA) is 86.5 Å². The SMILES string of the molecule is Cc1cc(C)c(Sc2nc(N)c(C#N)c(-c3c(Cl)cccc3Cl)c2C#N)c(C)c1. The Labute approximate surface area is 183 Å². The molecule has 2 aromatic carbocycles. The third-order valence-corrected chi connectivity index (χ3v) is 6.40. The first-order valence-corrected chi connectivity index (χ1v) is 10.2. The van der Waals surface area contributed by atoms with E-state index in [1.807, 2.05) is 26.8 Å². The number of aromatic nitrogens is 1. The predicted octanol–water partition coefficient (Wildman–Crippen LogP) is 6.46. The first-order chi connectivity index (χ1) is 13.8. The van der Waals surface area contributed by atoms with Gasteiger partial charge in [0.15, 0.2) is 0 Å². The van der Waals surface area contributed by atoms with Gasteiger partial charge in [0, 0.05) is 26.1 Å². The van der Waals surface area contributed by atoms with Crippen molar-refractivity contribution in [3.05, 3.63) is 68.2 Å². The van der Waals surface area contributed by atoms with E-state index in [-0.39, 0.29) is 16.9 Å². The van der Waals surface area contributed by atoms with Crippen LogP contribution >= 0.6 is 35.0 Å². The molecule has 0 atom stereocenters. The van der Waals surface area contributed by atoms with Gasteiger partial charge in [-0.2, -0.15) is 10.5 Å². The van der Waals surface area contributed by atoms with Crippen LogP contribution in [0.3, 0.4) is 0 Å². The van der Waals surface area contributed by atoms with Gasteiger partial charge in [-0.15, -0.1) is 0 Å². The molecular formula is C22H16Cl2N4S. The molecular weight excluding hydrogens is 423 g/mol. The summed E-state index contributed by atoms with van der Waals surface area (Å²) in [6.07, 6.45) is 0. The minimum Gasteiger partial charge on any atom is -0.383 e. The van der Waals surface area contributed by atoms with E-state index in [9.17, 15) is 10.5 Å². The molecule has 29 heavy (non-hydrogen) atoms. The number of anilines is 1. The molecule has 0 radical (unpaired) electrons. The number of rotatable bonds is 3. The molecule has 0 aliphatic rings. The fraction of sp³-hybridized carbons (Fsp3) is 0.136. The molecule has 0 saturated carbocycles. The molecule has 0 saturated heterocycles. The van der Waals surface area contributed by atoms with E-state index in [4.69, 9.17) is 28.9 Å². The van der Waals surface area contributed by atoms with Crippen LogP contribution in [-0.2, 0) is 0 Å². The average molecular weight is 439 g/mol. The Hall–Kier alpha value is -2.70. The van der Waals surface area contributed by atoms with Crippen LogP contribution in [0.15, 0.2) is 40.3 Å². The normalized spacial score (nSPS) is 10.4. The zero-order chi connectivity index (χ0) is 21.3. The third-order valence-electron chi connectivity index (χ3n) is 4.43. The summed E-state index contributed by atoms with van der Waals surface area (Å²) in [6.45, 7) is 6.05. The molecule has 144 valence electrons. The van der Waals surface area contributed by atoms with Crippen LogP contribution in [0, 0.1) is 43.4 Å². The summed E-state index contributed by atoms with van der Waals surface area (Å²) in [6, 6.07) is 13.4. The summed E-state index contributed by atoms with van der Waals surface area (Å²) in [5.74, 6) is 0.0300. The molecule has 1 aromatic heterocycles. The Morgan fingerprint density at radius 1 is 0.931 bits per heavy atom. The zero-order valence-electron chi connectivity index (χ0n) is 16.0. The maximum absolute atomic E-state index is 9.97. The van der Waals surface area contributed by atoms with E-state index < -0.39 is 0 Å². The van der Waals surface area contributed by atoms with Crippen LogP contribution in [0.25, 0.3) is 11.1 Å². The minimum atomic E-state index is 0.0300. The van der Waals surface area contributed by atoms with Crippen LogP contribution in [-0.4, -0.2) is 4.98 Å². The summed E-state index contributed by atoms with van der Waals surface area (Å²) in [5.41, 5.74) is 10.4. The highest BCUT2D eigenvalue weighted by molar-refractivity contribution is 7.99. The maximum atomic E-state index is 9.97. The molecule has 0 spiro atoms. The van der Waals surface area contributed by atoms with Gasteiger partial charge in [0.05, 0.1) is 5.56 Å². The number of aryl methyl sites for hydroxylation is 3. The van der Waals surface area contributed by atoms with Crippen LogP contribution in [0.5, 0.6) is 0 Å². The number of nitrogens with zero attached hydrogens (tertiary/aromatic N) is 3. The average Bonchev–Trinajstić information content (AvgIpc) is 2.64. The Kier molecular flexibility index (Phi) is 6.05. The van der Waals surface area contributed by atoms with Gasteiger partial charge in [0.1, 0.15) is 28.5 Å². The van der Waals surface area contributed by atoms with Gasteiger partial charge in [-0.3, -0.25) is 0 Å². The van der Waals surface area contributed by atoms with Gasteiger partial charge in [-0.25, -0.2) is 4.98 Å². The van der Waals surface area contributed by atoms with Crippen molar-refractivity contribution in [2.45, 2.75) is 30.7 Å². The molecule has 0 amide bonds. The van der Waals surface area contributed by atoms with Crippen LogP contribution < -0.4 is 5.73 Å².